The van der Waals surface area contributed by atoms with Crippen LogP contribution in [0.2, 0.25) is 5.02 Å². The molecule has 1 aliphatic carbocycles. The van der Waals surface area contributed by atoms with E-state index in [-0.39, 0.29) is 17.1 Å². The Morgan fingerprint density at radius 2 is 2.00 bits per heavy atom. The van der Waals surface area contributed by atoms with Crippen LogP contribution in [0.3, 0.4) is 0 Å². The van der Waals surface area contributed by atoms with Crippen molar-refractivity contribution >= 4 is 34.5 Å². The van der Waals surface area contributed by atoms with Gasteiger partial charge in [0, 0.05) is 39.9 Å². The first-order chi connectivity index (χ1) is 14.9. The zero-order valence-corrected chi connectivity index (χ0v) is 18.2. The van der Waals surface area contributed by atoms with E-state index in [2.05, 4.69) is 36.0 Å². The van der Waals surface area contributed by atoms with Crippen LogP contribution in [0.25, 0.3) is 16.7 Å². The van der Waals surface area contributed by atoms with E-state index in [1.165, 1.54) is 5.71 Å². The van der Waals surface area contributed by atoms with Gasteiger partial charge in [-0.15, -0.1) is 0 Å². The standard InChI is InChI=1S/C19H16ClFN2O.C6H9N/c1-10-13-7-14(15(20)8-17(13)23-18(10)24)12-3-2-11(6-16(12)21)19(9-22)4-5-19;1-2-6-4-3-5-7-6/h2-3,6-8H,1,4-5,9,22H2,(H,23,24);3-4H,2,5H2,1H3. The number of nitrogens with one attached hydrogen (secondary N) is 1. The highest BCUT2D eigenvalue weighted by molar-refractivity contribution is 6.36. The Balaban J connectivity index is 0.000000282. The Morgan fingerprint density at radius 3 is 2.55 bits per heavy atom. The van der Waals surface area contributed by atoms with E-state index in [9.17, 15) is 9.18 Å². The number of aliphatic imine (C=N–C) groups is 1. The molecule has 2 heterocycles. The van der Waals surface area contributed by atoms with Gasteiger partial charge in [-0.1, -0.05) is 43.3 Å². The van der Waals surface area contributed by atoms with E-state index in [1.807, 2.05) is 6.07 Å². The predicted molar refractivity (Wildman–Crippen MR) is 126 cm³/mol. The first-order valence-electron chi connectivity index (χ1n) is 10.4. The summed E-state index contributed by atoms with van der Waals surface area (Å²) < 4.78 is 14.7. The van der Waals surface area contributed by atoms with Gasteiger partial charge in [0.15, 0.2) is 0 Å². The molecule has 0 atom stereocenters. The van der Waals surface area contributed by atoms with Crippen molar-refractivity contribution in [1.29, 1.82) is 0 Å². The molecule has 0 saturated heterocycles. The number of nitrogens with zero attached hydrogens (tertiary/aromatic N) is 1. The molecular weight excluding hydrogens is 413 g/mol. The number of hydrogen-bond acceptors (Lipinski definition) is 3. The summed E-state index contributed by atoms with van der Waals surface area (Å²) in [4.78, 5) is 15.9. The zero-order chi connectivity index (χ0) is 22.2. The number of carbonyl (C=O) groups excluding carboxylic acids is 1. The summed E-state index contributed by atoms with van der Waals surface area (Å²) >= 11 is 6.31. The molecule has 0 unspecified atom stereocenters. The van der Waals surface area contributed by atoms with Crippen LogP contribution < -0.4 is 11.1 Å². The summed E-state index contributed by atoms with van der Waals surface area (Å²) in [6, 6.07) is 8.56. The molecule has 2 aromatic rings. The number of nitrogens with two attached hydrogens (primary N) is 1. The normalized spacial score (nSPS) is 17.6. The Bertz CT molecular complexity index is 1130. The lowest BCUT2D eigenvalue weighted by molar-refractivity contribution is -0.110. The molecule has 0 aromatic heterocycles. The third kappa shape index (κ3) is 4.08. The highest BCUT2D eigenvalue weighted by Gasteiger charge is 2.43. The van der Waals surface area contributed by atoms with Gasteiger partial charge in [-0.3, -0.25) is 9.79 Å². The molecule has 4 nitrogen and oxygen atoms in total. The third-order valence-corrected chi connectivity index (χ3v) is 6.46. The van der Waals surface area contributed by atoms with Gasteiger partial charge in [0.25, 0.3) is 5.91 Å². The maximum absolute atomic E-state index is 14.7. The second-order valence-corrected chi connectivity index (χ2v) is 8.48. The van der Waals surface area contributed by atoms with Gasteiger partial charge in [0.2, 0.25) is 0 Å². The largest absolute Gasteiger partial charge is 0.330 e. The molecule has 2 aromatic carbocycles. The number of fused-ring (bicyclic) bond motifs is 1. The maximum atomic E-state index is 14.7. The van der Waals surface area contributed by atoms with Crippen molar-refractivity contribution in [3.05, 3.63) is 71.0 Å². The Kier molecular flexibility index (Phi) is 5.82. The van der Waals surface area contributed by atoms with Crippen molar-refractivity contribution in [1.82, 2.24) is 0 Å². The SMILES string of the molecule is C=C1C(=O)Nc2cc(Cl)c(-c3ccc(C4(CN)CC4)cc3F)cc21.CCC1=NCC=C1. The van der Waals surface area contributed by atoms with E-state index >= 15 is 0 Å². The van der Waals surface area contributed by atoms with E-state index in [0.717, 1.165) is 31.4 Å². The van der Waals surface area contributed by atoms with Crippen molar-refractivity contribution in [3.63, 3.8) is 0 Å². The molecule has 1 amide bonds. The van der Waals surface area contributed by atoms with Crippen LogP contribution in [0.4, 0.5) is 10.1 Å². The molecule has 1 saturated carbocycles. The van der Waals surface area contributed by atoms with Gasteiger partial charge in [-0.25, -0.2) is 4.39 Å². The highest BCUT2D eigenvalue weighted by Crippen LogP contribution is 2.48. The number of rotatable bonds is 4. The lowest BCUT2D eigenvalue weighted by atomic mass is 9.92. The third-order valence-electron chi connectivity index (χ3n) is 6.14. The van der Waals surface area contributed by atoms with Crippen LogP contribution in [0.1, 0.15) is 37.3 Å². The summed E-state index contributed by atoms with van der Waals surface area (Å²) in [5.41, 5.74) is 10.5. The molecule has 1 fully saturated rings. The minimum absolute atomic E-state index is 0.0638. The van der Waals surface area contributed by atoms with Crippen molar-refractivity contribution < 1.29 is 9.18 Å². The fraction of sp³-hybridized carbons (Fsp3) is 0.280. The van der Waals surface area contributed by atoms with Gasteiger partial charge in [-0.05, 0) is 49.1 Å². The number of halogens is 2. The molecule has 6 heteroatoms. The van der Waals surface area contributed by atoms with Crippen LogP contribution in [-0.2, 0) is 10.2 Å². The van der Waals surface area contributed by atoms with E-state index in [1.54, 1.807) is 24.3 Å². The molecule has 2 aliphatic heterocycles. The number of allylic oxidation sites excluding steroid dienone is 1. The summed E-state index contributed by atoms with van der Waals surface area (Å²) in [6.07, 6.45) is 7.24. The summed E-state index contributed by atoms with van der Waals surface area (Å²) in [7, 11) is 0. The minimum Gasteiger partial charge on any atom is -0.330 e. The van der Waals surface area contributed by atoms with Crippen LogP contribution >= 0.6 is 11.6 Å². The molecule has 5 rings (SSSR count). The number of carbonyl (C=O) groups is 1. The zero-order valence-electron chi connectivity index (χ0n) is 17.5. The average Bonchev–Trinajstić information content (AvgIpc) is 3.29. The summed E-state index contributed by atoms with van der Waals surface area (Å²) in [5.74, 6) is -0.593. The van der Waals surface area contributed by atoms with Crippen LogP contribution in [0, 0.1) is 5.82 Å². The number of benzene rings is 2. The Labute approximate surface area is 186 Å². The van der Waals surface area contributed by atoms with Crippen molar-refractivity contribution in [2.75, 3.05) is 18.4 Å². The monoisotopic (exact) mass is 437 g/mol. The topological polar surface area (TPSA) is 67.5 Å². The lowest BCUT2D eigenvalue weighted by Crippen LogP contribution is -2.19. The fourth-order valence-electron chi connectivity index (χ4n) is 3.92. The van der Waals surface area contributed by atoms with Crippen molar-refractivity contribution in [3.8, 4) is 11.1 Å². The first-order valence-corrected chi connectivity index (χ1v) is 10.8. The Hall–Kier alpha value is -2.76. The van der Waals surface area contributed by atoms with Crippen LogP contribution in [-0.4, -0.2) is 24.7 Å². The van der Waals surface area contributed by atoms with Gasteiger partial charge >= 0.3 is 0 Å². The van der Waals surface area contributed by atoms with Gasteiger partial charge in [-0.2, -0.15) is 0 Å². The second kappa shape index (κ2) is 8.40. The van der Waals surface area contributed by atoms with Crippen molar-refractivity contribution in [2.24, 2.45) is 10.7 Å². The maximum Gasteiger partial charge on any atom is 0.255 e. The predicted octanol–water partition coefficient (Wildman–Crippen LogP) is 5.51. The van der Waals surface area contributed by atoms with Crippen LogP contribution in [0.15, 0.2) is 54.1 Å². The molecule has 3 N–H and O–H groups in total. The van der Waals surface area contributed by atoms with Crippen LogP contribution in [0.5, 0.6) is 0 Å². The molecule has 3 aliphatic rings. The lowest BCUT2D eigenvalue weighted by Gasteiger charge is -2.15. The van der Waals surface area contributed by atoms with E-state index in [0.29, 0.717) is 39.5 Å². The minimum atomic E-state index is -0.336. The molecule has 0 bridgehead atoms. The molecular formula is C25H25ClFN3O. The van der Waals surface area contributed by atoms with Gasteiger partial charge in [0.05, 0.1) is 17.3 Å². The van der Waals surface area contributed by atoms with Crippen molar-refractivity contribution in [2.45, 2.75) is 31.6 Å². The molecule has 0 radical (unpaired) electrons. The first kappa shape index (κ1) is 21.5. The van der Waals surface area contributed by atoms with Gasteiger partial charge in [0.1, 0.15) is 5.82 Å². The average molecular weight is 438 g/mol. The molecule has 0 spiro atoms. The van der Waals surface area contributed by atoms with Gasteiger partial charge < -0.3 is 11.1 Å². The fourth-order valence-corrected chi connectivity index (χ4v) is 4.18. The quantitative estimate of drug-likeness (QED) is 0.619. The molecule has 31 heavy (non-hydrogen) atoms. The smallest absolute Gasteiger partial charge is 0.255 e. The van der Waals surface area contributed by atoms with E-state index in [4.69, 9.17) is 17.3 Å². The Morgan fingerprint density at radius 1 is 1.23 bits per heavy atom. The second-order valence-electron chi connectivity index (χ2n) is 8.08. The summed E-state index contributed by atoms with van der Waals surface area (Å²) in [6.45, 7) is 7.32. The number of hydrogen-bond donors (Lipinski definition) is 2. The highest BCUT2D eigenvalue weighted by atomic mass is 35.5. The van der Waals surface area contributed by atoms with E-state index < -0.39 is 0 Å². The number of amides is 1. The summed E-state index contributed by atoms with van der Waals surface area (Å²) in [5, 5.41) is 3.08. The molecule has 160 valence electrons. The number of anilines is 1.